The lowest BCUT2D eigenvalue weighted by molar-refractivity contribution is -0.386. The molecule has 16 heavy (non-hydrogen) atoms. The molecule has 88 valence electrons. The van der Waals surface area contributed by atoms with Crippen molar-refractivity contribution < 1.29 is 15.1 Å². The molecule has 0 spiro atoms. The molecule has 0 aliphatic carbocycles. The van der Waals surface area contributed by atoms with Crippen LogP contribution in [0.1, 0.15) is 0 Å². The van der Waals surface area contributed by atoms with E-state index in [4.69, 9.17) is 10.2 Å². The first kappa shape index (κ1) is 12.1. The second kappa shape index (κ2) is 4.68. The fourth-order valence-corrected chi connectivity index (χ4v) is 1.05. The zero-order chi connectivity index (χ0) is 12.3. The molecule has 0 amide bonds. The third-order valence-corrected chi connectivity index (χ3v) is 1.81. The number of rotatable bonds is 4. The van der Waals surface area contributed by atoms with Crippen LogP contribution in [0.2, 0.25) is 0 Å². The summed E-state index contributed by atoms with van der Waals surface area (Å²) < 4.78 is 0.750. The standard InChI is InChI=1S/C7H9N3O6/c11-3-4(12)1-9-2-5(10(15)16)6(13)8-7(9)14/h2,4,11-12H,1,3H2,(H,8,13,14)/t4-/m0/s1. The molecule has 0 aliphatic heterocycles. The van der Waals surface area contributed by atoms with Crippen LogP contribution >= 0.6 is 0 Å². The van der Waals surface area contributed by atoms with Gasteiger partial charge in [-0.1, -0.05) is 0 Å². The quantitative estimate of drug-likeness (QED) is 0.397. The van der Waals surface area contributed by atoms with E-state index in [1.54, 1.807) is 4.98 Å². The van der Waals surface area contributed by atoms with Crippen LogP contribution in [-0.4, -0.2) is 37.4 Å². The summed E-state index contributed by atoms with van der Waals surface area (Å²) in [6.45, 7) is -0.938. The third kappa shape index (κ3) is 2.52. The van der Waals surface area contributed by atoms with E-state index in [2.05, 4.69) is 0 Å². The molecule has 3 N–H and O–H groups in total. The summed E-state index contributed by atoms with van der Waals surface area (Å²) in [7, 11) is 0. The van der Waals surface area contributed by atoms with E-state index in [0.717, 1.165) is 10.8 Å². The highest BCUT2D eigenvalue weighted by Gasteiger charge is 2.16. The molecule has 1 aromatic rings. The summed E-state index contributed by atoms with van der Waals surface area (Å²) in [5.74, 6) is 0. The Bertz CT molecular complexity index is 504. The van der Waals surface area contributed by atoms with Gasteiger partial charge in [0.15, 0.2) is 0 Å². The number of nitrogens with one attached hydrogen (secondary N) is 1. The first-order chi connectivity index (χ1) is 7.45. The van der Waals surface area contributed by atoms with E-state index < -0.39 is 34.6 Å². The number of hydrogen-bond acceptors (Lipinski definition) is 6. The maximum Gasteiger partial charge on any atom is 0.350 e. The van der Waals surface area contributed by atoms with Crippen LogP contribution in [0.15, 0.2) is 15.8 Å². The first-order valence-electron chi connectivity index (χ1n) is 4.22. The predicted molar refractivity (Wildman–Crippen MR) is 51.1 cm³/mol. The molecule has 1 aromatic heterocycles. The van der Waals surface area contributed by atoms with Gasteiger partial charge < -0.3 is 10.2 Å². The topological polar surface area (TPSA) is 138 Å². The molecule has 0 fully saturated rings. The number of H-pyrrole nitrogens is 1. The van der Waals surface area contributed by atoms with Gasteiger partial charge in [0.1, 0.15) is 0 Å². The van der Waals surface area contributed by atoms with Gasteiger partial charge in [0.05, 0.1) is 30.4 Å². The SMILES string of the molecule is O=c1[nH]c(=O)n(C[C@H](O)CO)cc1[N+](=O)[O-]. The van der Waals surface area contributed by atoms with Crippen molar-refractivity contribution in [1.29, 1.82) is 0 Å². The molecule has 0 aromatic carbocycles. The monoisotopic (exact) mass is 231 g/mol. The zero-order valence-corrected chi connectivity index (χ0v) is 7.99. The van der Waals surface area contributed by atoms with Gasteiger partial charge in [-0.2, -0.15) is 0 Å². The maximum atomic E-state index is 11.2. The van der Waals surface area contributed by atoms with Gasteiger partial charge >= 0.3 is 16.9 Å². The predicted octanol–water partition coefficient (Wildman–Crippen LogP) is -2.20. The smallest absolute Gasteiger partial charge is 0.350 e. The third-order valence-electron chi connectivity index (χ3n) is 1.81. The van der Waals surface area contributed by atoms with Crippen LogP contribution in [0, 0.1) is 10.1 Å². The molecule has 0 bridgehead atoms. The van der Waals surface area contributed by atoms with Crippen LogP contribution in [0.5, 0.6) is 0 Å². The number of nitro groups is 1. The van der Waals surface area contributed by atoms with Crippen LogP contribution < -0.4 is 11.2 Å². The molecule has 1 rings (SSSR count). The second-order valence-electron chi connectivity index (χ2n) is 3.02. The van der Waals surface area contributed by atoms with Gasteiger partial charge in [-0.25, -0.2) is 4.79 Å². The van der Waals surface area contributed by atoms with Gasteiger partial charge in [0, 0.05) is 0 Å². The van der Waals surface area contributed by atoms with Crippen molar-refractivity contribution in [2.45, 2.75) is 12.6 Å². The summed E-state index contributed by atoms with van der Waals surface area (Å²) in [5, 5.41) is 28.0. The molecule has 0 saturated carbocycles. The van der Waals surface area contributed by atoms with Crippen LogP contribution in [0.4, 0.5) is 5.69 Å². The van der Waals surface area contributed by atoms with Crippen LogP contribution in [-0.2, 0) is 6.54 Å². The van der Waals surface area contributed by atoms with E-state index in [9.17, 15) is 19.7 Å². The summed E-state index contributed by atoms with van der Waals surface area (Å²) in [4.78, 5) is 33.3. The number of aromatic amines is 1. The summed E-state index contributed by atoms with van der Waals surface area (Å²) in [5.41, 5.74) is -2.79. The number of hydrogen-bond donors (Lipinski definition) is 3. The average molecular weight is 231 g/mol. The van der Waals surface area contributed by atoms with E-state index in [0.29, 0.717) is 0 Å². The maximum absolute atomic E-state index is 11.2. The fraction of sp³-hybridized carbons (Fsp3) is 0.429. The first-order valence-corrected chi connectivity index (χ1v) is 4.22. The Hall–Kier alpha value is -2.00. The minimum absolute atomic E-state index is 0.340. The lowest BCUT2D eigenvalue weighted by Gasteiger charge is -2.08. The number of nitrogens with zero attached hydrogens (tertiary/aromatic N) is 2. The highest BCUT2D eigenvalue weighted by Crippen LogP contribution is 1.99. The Morgan fingerprint density at radius 3 is 2.69 bits per heavy atom. The lowest BCUT2D eigenvalue weighted by Crippen LogP contribution is -2.34. The van der Waals surface area contributed by atoms with E-state index in [1.807, 2.05) is 0 Å². The molecule has 0 unspecified atom stereocenters. The summed E-state index contributed by atoms with van der Waals surface area (Å²) in [6.07, 6.45) is -0.511. The van der Waals surface area contributed by atoms with Gasteiger partial charge in [0.2, 0.25) is 0 Å². The Labute approximate surface area is 87.7 Å². The van der Waals surface area contributed by atoms with Crippen molar-refractivity contribution in [3.05, 3.63) is 37.1 Å². The minimum Gasteiger partial charge on any atom is -0.394 e. The van der Waals surface area contributed by atoms with Gasteiger partial charge in [0.25, 0.3) is 0 Å². The lowest BCUT2D eigenvalue weighted by atomic mass is 10.3. The van der Waals surface area contributed by atoms with Crippen molar-refractivity contribution in [3.8, 4) is 0 Å². The molecule has 9 nitrogen and oxygen atoms in total. The van der Waals surface area contributed by atoms with Crippen LogP contribution in [0.25, 0.3) is 0 Å². The van der Waals surface area contributed by atoms with Gasteiger partial charge in [-0.3, -0.25) is 24.5 Å². The minimum atomic E-state index is -1.23. The highest BCUT2D eigenvalue weighted by molar-refractivity contribution is 5.20. The van der Waals surface area contributed by atoms with Crippen molar-refractivity contribution in [2.24, 2.45) is 0 Å². The Kier molecular flexibility index (Phi) is 3.53. The van der Waals surface area contributed by atoms with Crippen molar-refractivity contribution >= 4 is 5.69 Å². The van der Waals surface area contributed by atoms with E-state index in [1.165, 1.54) is 0 Å². The van der Waals surface area contributed by atoms with E-state index in [-0.39, 0.29) is 6.54 Å². The van der Waals surface area contributed by atoms with E-state index >= 15 is 0 Å². The highest BCUT2D eigenvalue weighted by atomic mass is 16.6. The number of aromatic nitrogens is 2. The second-order valence-corrected chi connectivity index (χ2v) is 3.02. The molecule has 1 atom stereocenters. The molecular weight excluding hydrogens is 222 g/mol. The summed E-state index contributed by atoms with van der Waals surface area (Å²) in [6, 6.07) is 0. The Morgan fingerprint density at radius 1 is 1.56 bits per heavy atom. The number of aliphatic hydroxyl groups is 2. The normalized spacial score (nSPS) is 12.4. The summed E-state index contributed by atoms with van der Waals surface area (Å²) >= 11 is 0. The van der Waals surface area contributed by atoms with Crippen molar-refractivity contribution in [2.75, 3.05) is 6.61 Å². The molecule has 9 heteroatoms. The van der Waals surface area contributed by atoms with Crippen molar-refractivity contribution in [1.82, 2.24) is 9.55 Å². The largest absolute Gasteiger partial charge is 0.394 e. The average Bonchev–Trinajstić information content (AvgIpc) is 2.21. The Balaban J connectivity index is 3.20. The zero-order valence-electron chi connectivity index (χ0n) is 7.99. The van der Waals surface area contributed by atoms with Gasteiger partial charge in [-0.05, 0) is 0 Å². The Morgan fingerprint density at radius 2 is 2.19 bits per heavy atom. The molecule has 1 heterocycles. The molecule has 0 radical (unpaired) electrons. The van der Waals surface area contributed by atoms with Crippen LogP contribution in [0.3, 0.4) is 0 Å². The molecule has 0 aliphatic rings. The van der Waals surface area contributed by atoms with Gasteiger partial charge in [-0.15, -0.1) is 0 Å². The number of aliphatic hydroxyl groups excluding tert-OH is 2. The fourth-order valence-electron chi connectivity index (χ4n) is 1.05. The molecular formula is C7H9N3O6. The van der Waals surface area contributed by atoms with Crippen molar-refractivity contribution in [3.63, 3.8) is 0 Å². The molecule has 0 saturated heterocycles.